The number of hydrogen-bond donors (Lipinski definition) is 3. The third kappa shape index (κ3) is 4.83. The van der Waals surface area contributed by atoms with Crippen LogP contribution in [0.2, 0.25) is 0 Å². The van der Waals surface area contributed by atoms with Gasteiger partial charge >= 0.3 is 18.1 Å². The molecule has 11 heteroatoms. The number of carboxylic acid groups (broad SMARTS) is 2. The molecule has 0 radical (unpaired) electrons. The van der Waals surface area contributed by atoms with Gasteiger partial charge in [-0.25, -0.2) is 4.79 Å². The van der Waals surface area contributed by atoms with Crippen LogP contribution in [0, 0.1) is 0 Å². The summed E-state index contributed by atoms with van der Waals surface area (Å²) < 4.78 is 39.4. The maximum absolute atomic E-state index is 13.1. The van der Waals surface area contributed by atoms with Crippen LogP contribution in [0.1, 0.15) is 42.9 Å². The minimum absolute atomic E-state index is 0.0749. The molecule has 0 aliphatic carbocycles. The number of piperidine rings is 1. The highest BCUT2D eigenvalue weighted by Crippen LogP contribution is 2.45. The van der Waals surface area contributed by atoms with Crippen molar-refractivity contribution in [3.63, 3.8) is 0 Å². The SMILES string of the molecule is CN1C2CCC1C(c1cncc(-c3ccc4[nH]c(C(F)(F)F)cc4c3)c1)C(N=C(CC(=O)O)C(=O)O)C2. The Kier molecular flexibility index (Phi) is 6.26. The molecule has 2 bridgehead atoms. The molecule has 2 fully saturated rings. The van der Waals surface area contributed by atoms with Crippen LogP contribution in [-0.4, -0.2) is 67.9 Å². The van der Waals surface area contributed by atoms with E-state index in [1.54, 1.807) is 30.6 Å². The number of rotatable bonds is 6. The maximum Gasteiger partial charge on any atom is 0.431 e. The van der Waals surface area contributed by atoms with E-state index in [4.69, 9.17) is 5.11 Å². The van der Waals surface area contributed by atoms with Gasteiger partial charge in [0.15, 0.2) is 0 Å². The standard InChI is InChI=1S/C26H25F3N4O4/c1-33-17-3-5-21(33)24(19(9-17)31-20(25(36)37)10-23(34)35)16-7-15(11-30-12-16)13-2-4-18-14(6-13)8-22(32-18)26(27,28)29/h2,4,6-8,11-12,17,19,21,24,32H,3,5,9-10H2,1H3,(H,34,35)(H,36,37). The average molecular weight is 515 g/mol. The van der Waals surface area contributed by atoms with Crippen LogP contribution >= 0.6 is 0 Å². The highest BCUT2D eigenvalue weighted by Gasteiger charge is 2.46. The van der Waals surface area contributed by atoms with E-state index in [1.807, 2.05) is 13.1 Å². The summed E-state index contributed by atoms with van der Waals surface area (Å²) >= 11 is 0. The summed E-state index contributed by atoms with van der Waals surface area (Å²) in [5.74, 6) is -2.82. The van der Waals surface area contributed by atoms with Gasteiger partial charge in [-0.2, -0.15) is 13.2 Å². The number of pyridine rings is 1. The number of nitrogens with one attached hydrogen (secondary N) is 1. The van der Waals surface area contributed by atoms with Crippen LogP contribution < -0.4 is 0 Å². The predicted molar refractivity (Wildman–Crippen MR) is 130 cm³/mol. The molecule has 194 valence electrons. The van der Waals surface area contributed by atoms with Gasteiger partial charge in [0.2, 0.25) is 0 Å². The van der Waals surface area contributed by atoms with E-state index in [0.29, 0.717) is 28.5 Å². The van der Waals surface area contributed by atoms with Crippen molar-refractivity contribution in [3.05, 3.63) is 54.0 Å². The summed E-state index contributed by atoms with van der Waals surface area (Å²) in [7, 11) is 2.03. The Labute approximate surface area is 209 Å². The molecule has 4 heterocycles. The number of likely N-dealkylation sites (N-methyl/N-ethyl adjacent to an activating group) is 1. The van der Waals surface area contributed by atoms with E-state index in [-0.39, 0.29) is 23.7 Å². The molecule has 4 unspecified atom stereocenters. The first kappa shape index (κ1) is 24.9. The zero-order valence-corrected chi connectivity index (χ0v) is 19.9. The van der Waals surface area contributed by atoms with Gasteiger partial charge in [0.25, 0.3) is 0 Å². The van der Waals surface area contributed by atoms with Gasteiger partial charge in [0.1, 0.15) is 11.4 Å². The normalized spacial score (nSPS) is 24.5. The number of fused-ring (bicyclic) bond motifs is 3. The van der Waals surface area contributed by atoms with Gasteiger partial charge < -0.3 is 15.2 Å². The highest BCUT2D eigenvalue weighted by atomic mass is 19.4. The van der Waals surface area contributed by atoms with Crippen molar-refractivity contribution in [3.8, 4) is 11.1 Å². The van der Waals surface area contributed by atoms with Crippen LogP contribution in [0.25, 0.3) is 22.0 Å². The number of carboxylic acids is 2. The number of hydrogen-bond acceptors (Lipinski definition) is 5. The molecule has 5 rings (SSSR count). The van der Waals surface area contributed by atoms with Gasteiger partial charge in [-0.3, -0.25) is 19.7 Å². The molecule has 4 atom stereocenters. The summed E-state index contributed by atoms with van der Waals surface area (Å²) in [4.78, 5) is 36.5. The summed E-state index contributed by atoms with van der Waals surface area (Å²) in [6.07, 6.45) is 0.613. The minimum Gasteiger partial charge on any atom is -0.481 e. The number of aromatic amines is 1. The highest BCUT2D eigenvalue weighted by molar-refractivity contribution is 6.38. The van der Waals surface area contributed by atoms with Crippen molar-refractivity contribution in [2.24, 2.45) is 4.99 Å². The number of aliphatic carboxylic acids is 2. The van der Waals surface area contributed by atoms with Crippen molar-refractivity contribution in [1.82, 2.24) is 14.9 Å². The molecule has 2 aliphatic rings. The Morgan fingerprint density at radius 3 is 2.62 bits per heavy atom. The van der Waals surface area contributed by atoms with Gasteiger partial charge in [-0.15, -0.1) is 0 Å². The smallest absolute Gasteiger partial charge is 0.431 e. The van der Waals surface area contributed by atoms with E-state index in [9.17, 15) is 27.9 Å². The van der Waals surface area contributed by atoms with Crippen LogP contribution in [-0.2, 0) is 15.8 Å². The summed E-state index contributed by atoms with van der Waals surface area (Å²) in [6, 6.07) is 7.86. The number of H-pyrrole nitrogens is 1. The molecule has 0 spiro atoms. The van der Waals surface area contributed by atoms with Crippen LogP contribution in [0.3, 0.4) is 0 Å². The fourth-order valence-corrected chi connectivity index (χ4v) is 5.80. The summed E-state index contributed by atoms with van der Waals surface area (Å²) in [6.45, 7) is 0. The Bertz CT molecular complexity index is 1400. The van der Waals surface area contributed by atoms with Crippen molar-refractivity contribution in [1.29, 1.82) is 0 Å². The number of aliphatic imine (C=N–C) groups is 1. The second kappa shape index (κ2) is 9.29. The van der Waals surface area contributed by atoms with Crippen molar-refractivity contribution >= 4 is 28.6 Å². The molecule has 3 N–H and O–H groups in total. The van der Waals surface area contributed by atoms with E-state index in [0.717, 1.165) is 24.5 Å². The second-order valence-electron chi connectivity index (χ2n) is 9.73. The molecule has 2 saturated heterocycles. The molecule has 2 aromatic heterocycles. The Balaban J connectivity index is 1.53. The Morgan fingerprint density at radius 2 is 1.92 bits per heavy atom. The Morgan fingerprint density at radius 1 is 1.14 bits per heavy atom. The largest absolute Gasteiger partial charge is 0.481 e. The predicted octanol–water partition coefficient (Wildman–Crippen LogP) is 4.57. The number of carbonyl (C=O) groups is 2. The summed E-state index contributed by atoms with van der Waals surface area (Å²) in [5.41, 5.74) is 1.41. The van der Waals surface area contributed by atoms with Crippen LogP contribution in [0.5, 0.6) is 0 Å². The fourth-order valence-electron chi connectivity index (χ4n) is 5.80. The van der Waals surface area contributed by atoms with Crippen molar-refractivity contribution in [2.45, 2.75) is 55.9 Å². The first-order valence-corrected chi connectivity index (χ1v) is 11.9. The fraction of sp³-hybridized carbons (Fsp3) is 0.385. The van der Waals surface area contributed by atoms with Crippen molar-refractivity contribution in [2.75, 3.05) is 7.05 Å². The van der Waals surface area contributed by atoms with Crippen molar-refractivity contribution < 1.29 is 33.0 Å². The zero-order valence-electron chi connectivity index (χ0n) is 19.9. The van der Waals surface area contributed by atoms with E-state index in [2.05, 4.69) is 19.9 Å². The molecule has 1 aromatic carbocycles. The van der Waals surface area contributed by atoms with E-state index >= 15 is 0 Å². The number of alkyl halides is 3. The lowest BCUT2D eigenvalue weighted by Crippen LogP contribution is -2.47. The molecule has 2 aliphatic heterocycles. The lowest BCUT2D eigenvalue weighted by molar-refractivity contribution is -0.140. The third-order valence-electron chi connectivity index (χ3n) is 7.53. The average Bonchev–Trinajstić information content (AvgIpc) is 3.36. The molecule has 37 heavy (non-hydrogen) atoms. The first-order valence-electron chi connectivity index (χ1n) is 11.9. The third-order valence-corrected chi connectivity index (χ3v) is 7.53. The summed E-state index contributed by atoms with van der Waals surface area (Å²) in [5, 5.41) is 19.1. The monoisotopic (exact) mass is 514 g/mol. The quantitative estimate of drug-likeness (QED) is 0.415. The molecule has 3 aromatic rings. The number of benzene rings is 1. The number of halogens is 3. The minimum atomic E-state index is -4.47. The van der Waals surface area contributed by atoms with Crippen LogP contribution in [0.4, 0.5) is 13.2 Å². The number of nitrogens with zero attached hydrogens (tertiary/aromatic N) is 3. The molecule has 0 amide bonds. The van der Waals surface area contributed by atoms with Gasteiger partial charge in [0, 0.05) is 46.9 Å². The topological polar surface area (TPSA) is 119 Å². The lowest BCUT2D eigenvalue weighted by Gasteiger charge is -2.41. The molecular formula is C26H25F3N4O4. The zero-order chi connectivity index (χ0) is 26.5. The van der Waals surface area contributed by atoms with Gasteiger partial charge in [0.05, 0.1) is 12.5 Å². The molecule has 0 saturated carbocycles. The van der Waals surface area contributed by atoms with E-state index in [1.165, 1.54) is 0 Å². The first-order chi connectivity index (χ1) is 17.5. The Hall–Kier alpha value is -3.73. The molecule has 8 nitrogen and oxygen atoms in total. The maximum atomic E-state index is 13.1. The molecular weight excluding hydrogens is 489 g/mol. The lowest BCUT2D eigenvalue weighted by atomic mass is 9.80. The van der Waals surface area contributed by atoms with Crippen LogP contribution in [0.15, 0.2) is 47.7 Å². The van der Waals surface area contributed by atoms with Gasteiger partial charge in [-0.05, 0) is 61.7 Å². The second-order valence-corrected chi connectivity index (χ2v) is 9.73. The van der Waals surface area contributed by atoms with E-state index < -0.39 is 36.3 Å². The number of aromatic nitrogens is 2. The van der Waals surface area contributed by atoms with Gasteiger partial charge in [-0.1, -0.05) is 6.07 Å².